The van der Waals surface area contributed by atoms with Gasteiger partial charge in [0.05, 0.1) is 6.54 Å². The predicted molar refractivity (Wildman–Crippen MR) is 95.7 cm³/mol. The molecule has 6 nitrogen and oxygen atoms in total. The van der Waals surface area contributed by atoms with E-state index < -0.39 is 5.54 Å². The third-order valence-electron chi connectivity index (χ3n) is 5.70. The van der Waals surface area contributed by atoms with Crippen molar-refractivity contribution in [1.82, 2.24) is 20.4 Å². The van der Waals surface area contributed by atoms with Gasteiger partial charge in [-0.25, -0.2) is 0 Å². The molecule has 0 saturated heterocycles. The predicted octanol–water partition coefficient (Wildman–Crippen LogP) is 3.23. The van der Waals surface area contributed by atoms with E-state index in [2.05, 4.69) is 22.4 Å². The van der Waals surface area contributed by atoms with Gasteiger partial charge in [0.15, 0.2) is 5.82 Å². The summed E-state index contributed by atoms with van der Waals surface area (Å²) in [7, 11) is 3.95. The summed E-state index contributed by atoms with van der Waals surface area (Å²) in [5.41, 5.74) is -0.425. The zero-order valence-electron chi connectivity index (χ0n) is 15.9. The molecule has 0 unspecified atom stereocenters. The molecule has 2 aliphatic carbocycles. The maximum atomic E-state index is 12.7. The Morgan fingerprint density at radius 1 is 1.28 bits per heavy atom. The lowest BCUT2D eigenvalue weighted by molar-refractivity contribution is -0.124. The molecule has 0 aliphatic heterocycles. The molecule has 2 fully saturated rings. The highest BCUT2D eigenvalue weighted by Crippen LogP contribution is 2.38. The summed E-state index contributed by atoms with van der Waals surface area (Å²) in [5, 5.41) is 7.51. The van der Waals surface area contributed by atoms with E-state index in [1.165, 1.54) is 25.7 Å². The summed E-state index contributed by atoms with van der Waals surface area (Å²) in [4.78, 5) is 19.3. The number of hydrogen-bond donors (Lipinski definition) is 1. The number of carbonyl (C=O) groups is 1. The number of aromatic nitrogens is 2. The van der Waals surface area contributed by atoms with Gasteiger partial charge in [0.25, 0.3) is 0 Å². The summed E-state index contributed by atoms with van der Waals surface area (Å²) in [5.74, 6) is 2.70. The van der Waals surface area contributed by atoms with E-state index in [9.17, 15) is 4.79 Å². The number of amides is 1. The Balaban J connectivity index is 1.65. The summed E-state index contributed by atoms with van der Waals surface area (Å²) in [6, 6.07) is 0. The van der Waals surface area contributed by atoms with Crippen LogP contribution in [0.3, 0.4) is 0 Å². The maximum absolute atomic E-state index is 12.7. The number of carbonyl (C=O) groups excluding carboxylic acids is 1. The zero-order chi connectivity index (χ0) is 17.9. The average molecular weight is 348 g/mol. The molecule has 1 N–H and O–H groups in total. The fraction of sp³-hybridized carbons (Fsp3) is 0.842. The molecule has 25 heavy (non-hydrogen) atoms. The van der Waals surface area contributed by atoms with Crippen molar-refractivity contribution in [2.75, 3.05) is 14.1 Å². The zero-order valence-corrected chi connectivity index (χ0v) is 15.9. The first-order chi connectivity index (χ1) is 12.0. The van der Waals surface area contributed by atoms with Crippen LogP contribution in [-0.4, -0.2) is 35.0 Å². The van der Waals surface area contributed by atoms with Gasteiger partial charge in [-0.2, -0.15) is 4.98 Å². The second kappa shape index (κ2) is 7.85. The first-order valence-corrected chi connectivity index (χ1v) is 9.76. The fourth-order valence-corrected chi connectivity index (χ4v) is 4.49. The average Bonchev–Trinajstić information content (AvgIpc) is 3.17. The quantitative estimate of drug-likeness (QED) is 0.854. The third kappa shape index (κ3) is 4.60. The van der Waals surface area contributed by atoms with Gasteiger partial charge in [0, 0.05) is 6.42 Å². The minimum Gasteiger partial charge on any atom is -0.343 e. The molecule has 6 heteroatoms. The van der Waals surface area contributed by atoms with E-state index in [0.29, 0.717) is 30.6 Å². The maximum Gasteiger partial charge on any atom is 0.240 e. The van der Waals surface area contributed by atoms with Crippen LogP contribution in [0.15, 0.2) is 4.52 Å². The Labute approximate surface area is 150 Å². The summed E-state index contributed by atoms with van der Waals surface area (Å²) >= 11 is 0. The van der Waals surface area contributed by atoms with E-state index in [0.717, 1.165) is 31.6 Å². The molecule has 1 aromatic heterocycles. The number of rotatable bonds is 6. The largest absolute Gasteiger partial charge is 0.343 e. The first-order valence-electron chi connectivity index (χ1n) is 9.76. The molecule has 2 saturated carbocycles. The molecule has 0 radical (unpaired) electrons. The Morgan fingerprint density at radius 3 is 2.72 bits per heavy atom. The highest BCUT2D eigenvalue weighted by molar-refractivity contribution is 5.77. The molecule has 1 amide bonds. The first kappa shape index (κ1) is 18.4. The van der Waals surface area contributed by atoms with Gasteiger partial charge in [-0.15, -0.1) is 0 Å². The summed E-state index contributed by atoms with van der Waals surface area (Å²) < 4.78 is 5.40. The van der Waals surface area contributed by atoms with Gasteiger partial charge < -0.3 is 14.7 Å². The molecule has 0 bridgehead atoms. The Bertz CT molecular complexity index is 578. The van der Waals surface area contributed by atoms with Crippen molar-refractivity contribution in [2.24, 2.45) is 11.8 Å². The van der Waals surface area contributed by atoms with Crippen molar-refractivity contribution >= 4 is 5.91 Å². The van der Waals surface area contributed by atoms with E-state index in [1.54, 1.807) is 0 Å². The van der Waals surface area contributed by atoms with Crippen molar-refractivity contribution in [3.63, 3.8) is 0 Å². The Hall–Kier alpha value is -1.43. The molecule has 0 spiro atoms. The van der Waals surface area contributed by atoms with Gasteiger partial charge in [-0.1, -0.05) is 37.8 Å². The van der Waals surface area contributed by atoms with Crippen LogP contribution in [0, 0.1) is 11.8 Å². The monoisotopic (exact) mass is 348 g/mol. The van der Waals surface area contributed by atoms with Gasteiger partial charge in [-0.3, -0.25) is 4.79 Å². The van der Waals surface area contributed by atoms with Gasteiger partial charge in [0.1, 0.15) is 5.54 Å². The Kier molecular flexibility index (Phi) is 5.77. The molecule has 0 aromatic carbocycles. The molecular formula is C19H32N4O2. The van der Waals surface area contributed by atoms with Gasteiger partial charge >= 0.3 is 0 Å². The van der Waals surface area contributed by atoms with Gasteiger partial charge in [-0.05, 0) is 51.6 Å². The van der Waals surface area contributed by atoms with Crippen LogP contribution < -0.4 is 5.32 Å². The molecule has 3 rings (SSSR count). The lowest BCUT2D eigenvalue weighted by atomic mass is 9.80. The minimum absolute atomic E-state index is 0.153. The highest BCUT2D eigenvalue weighted by Gasteiger charge is 2.41. The third-order valence-corrected chi connectivity index (χ3v) is 5.70. The van der Waals surface area contributed by atoms with E-state index in [1.807, 2.05) is 19.0 Å². The lowest BCUT2D eigenvalue weighted by Gasteiger charge is -2.30. The minimum atomic E-state index is -0.425. The SMILES string of the molecule is C[C@H]1CCC[C@@H](CC(=O)NC2(c3noc(CN(C)C)n3)CCCC2)C1. The van der Waals surface area contributed by atoms with Crippen LogP contribution in [0.1, 0.15) is 76.4 Å². The number of nitrogens with one attached hydrogen (secondary N) is 1. The molecule has 140 valence electrons. The fourth-order valence-electron chi connectivity index (χ4n) is 4.49. The van der Waals surface area contributed by atoms with Crippen molar-refractivity contribution in [1.29, 1.82) is 0 Å². The van der Waals surface area contributed by atoms with Crippen molar-refractivity contribution in [3.05, 3.63) is 11.7 Å². The summed E-state index contributed by atoms with van der Waals surface area (Å²) in [6.07, 6.45) is 9.55. The van der Waals surface area contributed by atoms with Crippen molar-refractivity contribution in [2.45, 2.75) is 76.8 Å². The van der Waals surface area contributed by atoms with E-state index in [-0.39, 0.29) is 5.91 Å². The lowest BCUT2D eigenvalue weighted by Crippen LogP contribution is -2.45. The molecule has 1 aromatic rings. The van der Waals surface area contributed by atoms with Crippen molar-refractivity contribution in [3.8, 4) is 0 Å². The van der Waals surface area contributed by atoms with Crippen molar-refractivity contribution < 1.29 is 9.32 Å². The molecular weight excluding hydrogens is 316 g/mol. The van der Waals surface area contributed by atoms with Crippen LogP contribution >= 0.6 is 0 Å². The number of hydrogen-bond acceptors (Lipinski definition) is 5. The topological polar surface area (TPSA) is 71.3 Å². The second-order valence-corrected chi connectivity index (χ2v) is 8.43. The van der Waals surface area contributed by atoms with Crippen LogP contribution in [0.5, 0.6) is 0 Å². The molecule has 2 atom stereocenters. The second-order valence-electron chi connectivity index (χ2n) is 8.43. The van der Waals surface area contributed by atoms with Crippen LogP contribution in [0.4, 0.5) is 0 Å². The number of nitrogens with zero attached hydrogens (tertiary/aromatic N) is 3. The van der Waals surface area contributed by atoms with Crippen LogP contribution in [-0.2, 0) is 16.9 Å². The molecule has 2 aliphatic rings. The summed E-state index contributed by atoms with van der Waals surface area (Å²) in [6.45, 7) is 2.92. The smallest absolute Gasteiger partial charge is 0.240 e. The van der Waals surface area contributed by atoms with E-state index >= 15 is 0 Å². The van der Waals surface area contributed by atoms with E-state index in [4.69, 9.17) is 4.52 Å². The standard InChI is InChI=1S/C19H32N4O2/c1-14-7-6-8-15(11-14)12-16(24)21-19(9-4-5-10-19)18-20-17(25-22-18)13-23(2)3/h14-15H,4-13H2,1-3H3,(H,21,24)/t14-,15+/m0/s1. The van der Waals surface area contributed by atoms with Crippen LogP contribution in [0.2, 0.25) is 0 Å². The molecule has 1 heterocycles. The normalized spacial score (nSPS) is 26.1. The Morgan fingerprint density at radius 2 is 2.04 bits per heavy atom. The van der Waals surface area contributed by atoms with Crippen LogP contribution in [0.25, 0.3) is 0 Å². The van der Waals surface area contributed by atoms with Gasteiger partial charge in [0.2, 0.25) is 11.8 Å². The highest BCUT2D eigenvalue weighted by atomic mass is 16.5.